The molecule has 2 nitrogen and oxygen atoms in total. The third-order valence-corrected chi connectivity index (χ3v) is 5.93. The summed E-state index contributed by atoms with van der Waals surface area (Å²) in [5.41, 5.74) is -0.488. The van der Waals surface area contributed by atoms with Gasteiger partial charge < -0.3 is 9.47 Å². The highest BCUT2D eigenvalue weighted by atomic mass is 19.3. The Morgan fingerprint density at radius 2 is 1.44 bits per heavy atom. The first-order valence-electron chi connectivity index (χ1n) is 12.3. The van der Waals surface area contributed by atoms with E-state index in [-0.39, 0.29) is 29.5 Å². The van der Waals surface area contributed by atoms with Crippen molar-refractivity contribution < 1.29 is 44.6 Å². The van der Waals surface area contributed by atoms with Crippen LogP contribution in [0.15, 0.2) is 60.9 Å². The quantitative estimate of drug-likeness (QED) is 0.118. The highest BCUT2D eigenvalue weighted by Crippen LogP contribution is 2.37. The molecule has 0 aliphatic rings. The van der Waals surface area contributed by atoms with Crippen LogP contribution >= 0.6 is 0 Å². The van der Waals surface area contributed by atoms with E-state index in [4.69, 9.17) is 0 Å². The fourth-order valence-electron chi connectivity index (χ4n) is 3.99. The summed E-state index contributed by atoms with van der Waals surface area (Å²) >= 11 is 0. The Balaban J connectivity index is 1.73. The first-order valence-corrected chi connectivity index (χ1v) is 12.3. The van der Waals surface area contributed by atoms with Crippen molar-refractivity contribution in [3.8, 4) is 22.6 Å². The van der Waals surface area contributed by atoms with Gasteiger partial charge in [0.15, 0.2) is 23.6 Å². The zero-order valence-corrected chi connectivity index (χ0v) is 21.0. The van der Waals surface area contributed by atoms with E-state index in [1.165, 1.54) is 18.6 Å². The molecule has 3 aromatic rings. The van der Waals surface area contributed by atoms with Gasteiger partial charge in [-0.2, -0.15) is 17.6 Å². The fraction of sp³-hybridized carbons (Fsp3) is 0.310. The lowest BCUT2D eigenvalue weighted by atomic mass is 9.99. The van der Waals surface area contributed by atoms with Crippen LogP contribution in [0.3, 0.4) is 0 Å². The zero-order chi connectivity index (χ0) is 28.6. The molecule has 0 spiro atoms. The second kappa shape index (κ2) is 13.5. The molecule has 3 rings (SSSR count). The average molecular weight is 559 g/mol. The first-order chi connectivity index (χ1) is 18.5. The Kier molecular flexibility index (Phi) is 10.4. The van der Waals surface area contributed by atoms with Gasteiger partial charge in [-0.25, -0.2) is 17.6 Å². The summed E-state index contributed by atoms with van der Waals surface area (Å²) in [5, 5.41) is 0. The van der Waals surface area contributed by atoms with Crippen LogP contribution in [0, 0.1) is 23.3 Å². The van der Waals surface area contributed by atoms with E-state index in [2.05, 4.69) is 16.4 Å². The predicted octanol–water partition coefficient (Wildman–Crippen LogP) is 10.1. The summed E-state index contributed by atoms with van der Waals surface area (Å²) in [6.45, 7) is 2.13. The van der Waals surface area contributed by atoms with Gasteiger partial charge in [-0.3, -0.25) is 0 Å². The number of rotatable bonds is 13. The van der Waals surface area contributed by atoms with Crippen LogP contribution in [0.2, 0.25) is 0 Å². The molecule has 0 unspecified atom stereocenters. The third kappa shape index (κ3) is 8.21. The van der Waals surface area contributed by atoms with Crippen LogP contribution in [0.5, 0.6) is 11.5 Å². The second-order valence-electron chi connectivity index (χ2n) is 8.89. The Labute approximate surface area is 220 Å². The van der Waals surface area contributed by atoms with Crippen molar-refractivity contribution in [2.75, 3.05) is 0 Å². The number of unbranched alkanes of at least 4 members (excludes halogenated alkanes) is 5. The minimum absolute atomic E-state index is 0.00223. The maximum atomic E-state index is 14.8. The van der Waals surface area contributed by atoms with Crippen molar-refractivity contribution in [2.24, 2.45) is 0 Å². The van der Waals surface area contributed by atoms with Gasteiger partial charge in [-0.15, -0.1) is 0 Å². The summed E-state index contributed by atoms with van der Waals surface area (Å²) in [6, 6.07) is 7.46. The van der Waals surface area contributed by atoms with Gasteiger partial charge in [0, 0.05) is 17.7 Å². The minimum Gasteiger partial charge on any atom is -0.453 e. The predicted molar refractivity (Wildman–Crippen MR) is 131 cm³/mol. The summed E-state index contributed by atoms with van der Waals surface area (Å²) in [5.74, 6) is -7.62. The molecule has 3 aromatic carbocycles. The lowest BCUT2D eigenvalue weighted by molar-refractivity contribution is -0.187. The number of ether oxygens (including phenoxy) is 2. The van der Waals surface area contributed by atoms with Crippen LogP contribution in [0.4, 0.5) is 35.1 Å². The van der Waals surface area contributed by atoms with E-state index in [9.17, 15) is 35.1 Å². The van der Waals surface area contributed by atoms with Crippen molar-refractivity contribution in [1.82, 2.24) is 0 Å². The molecular weight excluding hydrogens is 532 g/mol. The molecule has 0 heterocycles. The number of hydrogen-bond donors (Lipinski definition) is 0. The van der Waals surface area contributed by atoms with Crippen molar-refractivity contribution in [3.63, 3.8) is 0 Å². The van der Waals surface area contributed by atoms with Crippen molar-refractivity contribution in [1.29, 1.82) is 0 Å². The zero-order valence-electron chi connectivity index (χ0n) is 21.0. The second-order valence-corrected chi connectivity index (χ2v) is 8.89. The lowest BCUT2D eigenvalue weighted by Crippen LogP contribution is -2.23. The maximum absolute atomic E-state index is 14.8. The van der Waals surface area contributed by atoms with Gasteiger partial charge in [-0.1, -0.05) is 57.2 Å². The summed E-state index contributed by atoms with van der Waals surface area (Å²) in [7, 11) is 0. The molecular formula is C29H26F8O2. The van der Waals surface area contributed by atoms with E-state index >= 15 is 0 Å². The van der Waals surface area contributed by atoms with E-state index < -0.39 is 52.5 Å². The minimum atomic E-state index is -4.39. The van der Waals surface area contributed by atoms with Gasteiger partial charge in [0.05, 0.1) is 5.56 Å². The highest BCUT2D eigenvalue weighted by molar-refractivity contribution is 5.65. The largest absolute Gasteiger partial charge is 0.453 e. The lowest BCUT2D eigenvalue weighted by Gasteiger charge is -2.20. The molecule has 0 radical (unpaired) electrons. The Morgan fingerprint density at radius 1 is 0.769 bits per heavy atom. The molecule has 0 N–H and O–H groups in total. The molecule has 39 heavy (non-hydrogen) atoms. The topological polar surface area (TPSA) is 18.5 Å². The maximum Gasteiger partial charge on any atom is 0.429 e. The van der Waals surface area contributed by atoms with Gasteiger partial charge in [0.1, 0.15) is 17.4 Å². The van der Waals surface area contributed by atoms with Crippen molar-refractivity contribution in [2.45, 2.75) is 58.0 Å². The standard InChI is InChI=1S/C29H26F8O2/c1-2-3-4-5-6-7-8-18-9-11-21(23(30)13-18)19-10-12-22(24(31)14-19)29(36,37)39-20-15-25(32)28(26(33)16-20)38-17-27(34)35/h9-17H,2-8H2,1H3. The molecule has 0 aromatic heterocycles. The number of aryl methyl sites for hydroxylation is 1. The summed E-state index contributed by atoms with van der Waals surface area (Å²) in [4.78, 5) is 0. The SMILES string of the molecule is CCCCCCCCc1ccc(-c2ccc(C(F)(F)Oc3cc(F)c(OC=C(F)F)c(F)c3)c(F)c2)c(F)c1. The molecule has 10 heteroatoms. The Morgan fingerprint density at radius 3 is 2.05 bits per heavy atom. The van der Waals surface area contributed by atoms with Gasteiger partial charge in [0.2, 0.25) is 0 Å². The van der Waals surface area contributed by atoms with E-state index in [1.54, 1.807) is 6.07 Å². The van der Waals surface area contributed by atoms with Gasteiger partial charge in [-0.05, 0) is 42.2 Å². The third-order valence-electron chi connectivity index (χ3n) is 5.93. The molecule has 0 saturated carbocycles. The number of hydrogen-bond acceptors (Lipinski definition) is 2. The van der Waals surface area contributed by atoms with Crippen LogP contribution in [0.25, 0.3) is 11.1 Å². The Bertz CT molecular complexity index is 1280. The van der Waals surface area contributed by atoms with E-state index in [0.717, 1.165) is 43.7 Å². The van der Waals surface area contributed by atoms with Crippen LogP contribution < -0.4 is 9.47 Å². The highest BCUT2D eigenvalue weighted by Gasteiger charge is 2.38. The number of alkyl halides is 2. The molecule has 0 aliphatic heterocycles. The summed E-state index contributed by atoms with van der Waals surface area (Å²) < 4.78 is 119. The van der Waals surface area contributed by atoms with Gasteiger partial charge >= 0.3 is 12.2 Å². The Hall–Kier alpha value is -3.56. The van der Waals surface area contributed by atoms with E-state index in [0.29, 0.717) is 18.6 Å². The molecule has 0 atom stereocenters. The molecule has 0 bridgehead atoms. The van der Waals surface area contributed by atoms with E-state index in [1.807, 2.05) is 0 Å². The molecule has 210 valence electrons. The molecule has 0 saturated heterocycles. The van der Waals surface area contributed by atoms with Gasteiger partial charge in [0.25, 0.3) is 0 Å². The summed E-state index contributed by atoms with van der Waals surface area (Å²) in [6.07, 6.45) is 0.185. The average Bonchev–Trinajstić information content (AvgIpc) is 2.85. The first kappa shape index (κ1) is 30.0. The van der Waals surface area contributed by atoms with Crippen LogP contribution in [-0.2, 0) is 12.5 Å². The molecule has 0 amide bonds. The number of halogens is 8. The van der Waals surface area contributed by atoms with Crippen molar-refractivity contribution in [3.05, 3.63) is 95.3 Å². The smallest absolute Gasteiger partial charge is 0.429 e. The van der Waals surface area contributed by atoms with Crippen LogP contribution in [-0.4, -0.2) is 0 Å². The van der Waals surface area contributed by atoms with Crippen molar-refractivity contribution >= 4 is 0 Å². The van der Waals surface area contributed by atoms with Crippen LogP contribution in [0.1, 0.15) is 56.6 Å². The molecule has 0 aliphatic carbocycles. The monoisotopic (exact) mass is 558 g/mol. The molecule has 0 fully saturated rings. The normalized spacial score (nSPS) is 11.4. The fourth-order valence-corrected chi connectivity index (χ4v) is 3.99. The number of benzene rings is 3.